The highest BCUT2D eigenvalue weighted by Crippen LogP contribution is 2.40. The van der Waals surface area contributed by atoms with E-state index in [0.717, 1.165) is 42.7 Å². The molecule has 5 aromatic rings. The van der Waals surface area contributed by atoms with Crippen LogP contribution >= 0.6 is 23.1 Å². The van der Waals surface area contributed by atoms with Gasteiger partial charge in [-0.25, -0.2) is 0 Å². The number of benzene rings is 4. The van der Waals surface area contributed by atoms with E-state index in [2.05, 4.69) is 16.3 Å². The highest BCUT2D eigenvalue weighted by atomic mass is 32.2. The number of imide groups is 1. The zero-order valence-electron chi connectivity index (χ0n) is 25.0. The Morgan fingerprint density at radius 1 is 0.826 bits per heavy atom. The van der Waals surface area contributed by atoms with Gasteiger partial charge >= 0.3 is 0 Å². The fourth-order valence-corrected chi connectivity index (χ4v) is 7.66. The van der Waals surface area contributed by atoms with Crippen LogP contribution in [-0.2, 0) is 22.6 Å². The van der Waals surface area contributed by atoms with Gasteiger partial charge in [0.05, 0.1) is 36.5 Å². The molecule has 3 atom stereocenters. The number of carbonyl (C=O) groups is 2. The summed E-state index contributed by atoms with van der Waals surface area (Å²) in [7, 11) is 0. The molecule has 0 radical (unpaired) electrons. The van der Waals surface area contributed by atoms with Crippen molar-refractivity contribution in [3.63, 3.8) is 0 Å². The number of aryl methyl sites for hydroxylation is 1. The second-order valence-corrected chi connectivity index (χ2v) is 13.8. The summed E-state index contributed by atoms with van der Waals surface area (Å²) < 4.78 is 14.0. The molecule has 46 heavy (non-hydrogen) atoms. The van der Waals surface area contributed by atoms with E-state index >= 15 is 0 Å². The van der Waals surface area contributed by atoms with Gasteiger partial charge in [0.2, 0.25) is 0 Å². The van der Waals surface area contributed by atoms with Crippen molar-refractivity contribution in [3.8, 4) is 11.1 Å². The second-order valence-electron chi connectivity index (χ2n) is 11.3. The second kappa shape index (κ2) is 13.3. The fraction of sp³-hybridized carbons (Fsp3) is 0.222. The Morgan fingerprint density at radius 3 is 2.24 bits per heavy atom. The molecule has 232 valence electrons. The Kier molecular flexibility index (Phi) is 8.79. The third-order valence-corrected chi connectivity index (χ3v) is 10.3. The smallest absolute Gasteiger partial charge is 0.261 e. The van der Waals surface area contributed by atoms with Gasteiger partial charge in [0, 0.05) is 17.7 Å². The van der Waals surface area contributed by atoms with Crippen molar-refractivity contribution in [2.75, 3.05) is 5.75 Å². The Labute approximate surface area is 275 Å². The summed E-state index contributed by atoms with van der Waals surface area (Å²) in [6, 6.07) is 30.8. The minimum atomic E-state index is -0.598. The molecule has 2 amide bonds. The number of nitrogens with zero attached hydrogens (tertiary/aromatic N) is 3. The molecular weight excluding hydrogens is 619 g/mol. The maximum absolute atomic E-state index is 13.0. The van der Waals surface area contributed by atoms with Crippen LogP contribution < -0.4 is 0 Å². The number of aliphatic hydroxyl groups excluding tert-OH is 1. The van der Waals surface area contributed by atoms with Gasteiger partial charge < -0.3 is 14.6 Å². The Morgan fingerprint density at radius 2 is 1.54 bits per heavy atom. The summed E-state index contributed by atoms with van der Waals surface area (Å²) in [5, 5.41) is 18.8. The summed E-state index contributed by atoms with van der Waals surface area (Å²) in [5.41, 5.74) is 6.46. The van der Waals surface area contributed by atoms with Crippen LogP contribution in [0.25, 0.3) is 11.1 Å². The first-order valence-electron chi connectivity index (χ1n) is 15.0. The predicted molar refractivity (Wildman–Crippen MR) is 176 cm³/mol. The molecule has 10 heteroatoms. The van der Waals surface area contributed by atoms with E-state index in [4.69, 9.17) is 9.47 Å². The lowest BCUT2D eigenvalue weighted by molar-refractivity contribution is -0.245. The van der Waals surface area contributed by atoms with E-state index in [0.29, 0.717) is 23.3 Å². The van der Waals surface area contributed by atoms with E-state index < -0.39 is 6.29 Å². The van der Waals surface area contributed by atoms with E-state index in [9.17, 15) is 14.7 Å². The zero-order chi connectivity index (χ0) is 31.6. The number of amides is 2. The van der Waals surface area contributed by atoms with Gasteiger partial charge in [0.25, 0.3) is 11.8 Å². The zero-order valence-corrected chi connectivity index (χ0v) is 26.7. The lowest BCUT2D eigenvalue weighted by Gasteiger charge is -2.36. The standard InChI is InChI=1S/C36H31N3O5S2/c1-22-37-38-36(46-22)45-21-29-18-32(25-14-12-23(20-40)13-15-25)44-35(43-29)28-9-5-8-27(17-28)26-7-4-6-24(16-26)19-39-33(41)30-10-2-3-11-31(30)34(39)42/h2-17,29,32,35,40H,18-21H2,1H3/t29-,32+,35+/m1/s1. The summed E-state index contributed by atoms with van der Waals surface area (Å²) in [5.74, 6) is 0.169. The molecule has 0 bridgehead atoms. The Hall–Kier alpha value is -4.19. The minimum absolute atomic E-state index is 0.00956. The summed E-state index contributed by atoms with van der Waals surface area (Å²) in [6.07, 6.45) is -0.208. The maximum Gasteiger partial charge on any atom is 0.261 e. The molecule has 1 saturated heterocycles. The monoisotopic (exact) mass is 649 g/mol. The minimum Gasteiger partial charge on any atom is -0.392 e. The number of hydrogen-bond acceptors (Lipinski definition) is 9. The van der Waals surface area contributed by atoms with Gasteiger partial charge in [-0.15, -0.1) is 10.2 Å². The number of rotatable bonds is 9. The number of hydrogen-bond donors (Lipinski definition) is 1. The molecule has 1 aromatic heterocycles. The average Bonchev–Trinajstić information content (AvgIpc) is 3.63. The number of carbonyl (C=O) groups excluding carboxylic acids is 2. The van der Waals surface area contributed by atoms with Gasteiger partial charge in [-0.1, -0.05) is 95.9 Å². The first-order chi connectivity index (χ1) is 22.4. The van der Waals surface area contributed by atoms with Crippen molar-refractivity contribution in [2.45, 2.75) is 49.3 Å². The summed E-state index contributed by atoms with van der Waals surface area (Å²) in [6.45, 7) is 2.13. The molecule has 0 spiro atoms. The molecule has 0 aliphatic carbocycles. The number of aromatic nitrogens is 2. The molecule has 4 aromatic carbocycles. The quantitative estimate of drug-likeness (QED) is 0.133. The molecule has 7 rings (SSSR count). The topological polar surface area (TPSA) is 102 Å². The van der Waals surface area contributed by atoms with Crippen LogP contribution in [0.4, 0.5) is 0 Å². The lowest BCUT2D eigenvalue weighted by atomic mass is 9.99. The van der Waals surface area contributed by atoms with Crippen LogP contribution in [0.2, 0.25) is 0 Å². The third-order valence-electron chi connectivity index (χ3n) is 8.15. The average molecular weight is 650 g/mol. The van der Waals surface area contributed by atoms with Crippen LogP contribution in [0.1, 0.15) is 66.8 Å². The van der Waals surface area contributed by atoms with Crippen molar-refractivity contribution in [2.24, 2.45) is 0 Å². The SMILES string of the molecule is Cc1nnc(SC[C@H]2C[C@@H](c3ccc(CO)cc3)O[C@@H](c3cccc(-c4cccc(CN5C(=O)c6ccccc6C5=O)c4)c3)O2)s1. The molecule has 0 unspecified atom stereocenters. The number of fused-ring (bicyclic) bond motifs is 1. The van der Waals surface area contributed by atoms with Gasteiger partial charge in [-0.2, -0.15) is 0 Å². The number of aliphatic hydroxyl groups is 1. The van der Waals surface area contributed by atoms with Crippen LogP contribution in [-0.4, -0.2) is 43.9 Å². The van der Waals surface area contributed by atoms with Crippen molar-refractivity contribution in [1.82, 2.24) is 15.1 Å². The fourth-order valence-electron chi connectivity index (χ4n) is 5.80. The van der Waals surface area contributed by atoms with Crippen molar-refractivity contribution < 1.29 is 24.2 Å². The van der Waals surface area contributed by atoms with Crippen LogP contribution in [0.5, 0.6) is 0 Å². The van der Waals surface area contributed by atoms with E-state index in [1.165, 1.54) is 4.90 Å². The van der Waals surface area contributed by atoms with Gasteiger partial charge in [0.15, 0.2) is 10.6 Å². The largest absolute Gasteiger partial charge is 0.392 e. The van der Waals surface area contributed by atoms with Gasteiger partial charge in [-0.3, -0.25) is 14.5 Å². The first kappa shape index (κ1) is 30.5. The molecule has 2 aliphatic heterocycles. The van der Waals surface area contributed by atoms with Crippen LogP contribution in [0.3, 0.4) is 0 Å². The molecule has 8 nitrogen and oxygen atoms in total. The molecule has 2 aliphatic rings. The Bertz CT molecular complexity index is 1860. The summed E-state index contributed by atoms with van der Waals surface area (Å²) >= 11 is 3.21. The molecule has 3 heterocycles. The number of thioether (sulfide) groups is 1. The Balaban J connectivity index is 1.12. The van der Waals surface area contributed by atoms with Gasteiger partial charge in [0.1, 0.15) is 5.01 Å². The lowest BCUT2D eigenvalue weighted by Crippen LogP contribution is -2.31. The molecule has 1 fully saturated rings. The van der Waals surface area contributed by atoms with Crippen LogP contribution in [0.15, 0.2) is 101 Å². The molecule has 1 N–H and O–H groups in total. The van der Waals surface area contributed by atoms with E-state index in [-0.39, 0.29) is 37.2 Å². The molecular formula is C36H31N3O5S2. The highest BCUT2D eigenvalue weighted by Gasteiger charge is 2.35. The first-order valence-corrected chi connectivity index (χ1v) is 16.8. The summed E-state index contributed by atoms with van der Waals surface area (Å²) in [4.78, 5) is 27.2. The van der Waals surface area contributed by atoms with E-state index in [1.807, 2.05) is 73.7 Å². The van der Waals surface area contributed by atoms with Crippen molar-refractivity contribution in [3.05, 3.63) is 135 Å². The van der Waals surface area contributed by atoms with Crippen molar-refractivity contribution in [1.29, 1.82) is 0 Å². The van der Waals surface area contributed by atoms with Crippen molar-refractivity contribution >= 4 is 34.9 Å². The third kappa shape index (κ3) is 6.40. The number of ether oxygens (including phenoxy) is 2. The maximum atomic E-state index is 13.0. The normalized spacial score (nSPS) is 19.4. The van der Waals surface area contributed by atoms with Gasteiger partial charge in [-0.05, 0) is 59.0 Å². The van der Waals surface area contributed by atoms with Crippen LogP contribution in [0, 0.1) is 6.92 Å². The predicted octanol–water partition coefficient (Wildman–Crippen LogP) is 7.14. The molecule has 0 saturated carbocycles. The highest BCUT2D eigenvalue weighted by molar-refractivity contribution is 8.01. The van der Waals surface area contributed by atoms with E-state index in [1.54, 1.807) is 47.4 Å².